The third kappa shape index (κ3) is 4.20. The third-order valence-corrected chi connectivity index (χ3v) is 2.19. The van der Waals surface area contributed by atoms with Crippen LogP contribution in [0.15, 0.2) is 30.3 Å². The molecule has 1 aromatic rings. The van der Waals surface area contributed by atoms with Crippen molar-refractivity contribution in [1.82, 2.24) is 5.32 Å². The largest absolute Gasteiger partial charge is 0.401 e. The van der Waals surface area contributed by atoms with Gasteiger partial charge in [0, 0.05) is 6.54 Å². The van der Waals surface area contributed by atoms with Gasteiger partial charge in [0.25, 0.3) is 0 Å². The van der Waals surface area contributed by atoms with Gasteiger partial charge in [0.05, 0.1) is 12.1 Å². The van der Waals surface area contributed by atoms with Crippen molar-refractivity contribution in [2.24, 2.45) is 0 Å². The Morgan fingerprint density at radius 2 is 1.69 bits per heavy atom. The zero-order chi connectivity index (χ0) is 12.2. The van der Waals surface area contributed by atoms with E-state index in [1.165, 1.54) is 6.92 Å². The van der Waals surface area contributed by atoms with E-state index in [4.69, 9.17) is 0 Å². The van der Waals surface area contributed by atoms with Gasteiger partial charge in [-0.15, -0.1) is 0 Å². The summed E-state index contributed by atoms with van der Waals surface area (Å²) in [5.41, 5.74) is -0.711. The monoisotopic (exact) mass is 233 g/mol. The summed E-state index contributed by atoms with van der Waals surface area (Å²) in [7, 11) is 0. The van der Waals surface area contributed by atoms with Gasteiger partial charge in [0.15, 0.2) is 0 Å². The molecule has 1 atom stereocenters. The van der Waals surface area contributed by atoms with Crippen molar-refractivity contribution >= 4 is 0 Å². The van der Waals surface area contributed by atoms with Gasteiger partial charge in [-0.25, -0.2) is 0 Å². The van der Waals surface area contributed by atoms with Crippen LogP contribution in [0, 0.1) is 0 Å². The maximum atomic E-state index is 11.9. The van der Waals surface area contributed by atoms with Crippen LogP contribution in [0.4, 0.5) is 13.2 Å². The summed E-state index contributed by atoms with van der Waals surface area (Å²) in [6.45, 7) is 0.234. The summed E-state index contributed by atoms with van der Waals surface area (Å²) >= 11 is 0. The van der Waals surface area contributed by atoms with Crippen molar-refractivity contribution in [3.8, 4) is 0 Å². The molecule has 16 heavy (non-hydrogen) atoms. The Kier molecular flexibility index (Phi) is 3.93. The van der Waals surface area contributed by atoms with E-state index in [0.717, 1.165) is 0 Å². The Balaban J connectivity index is 2.53. The smallest absolute Gasteiger partial charge is 0.384 e. The van der Waals surface area contributed by atoms with E-state index in [9.17, 15) is 18.3 Å². The summed E-state index contributed by atoms with van der Waals surface area (Å²) < 4.78 is 35.7. The van der Waals surface area contributed by atoms with Crippen molar-refractivity contribution in [2.75, 3.05) is 13.1 Å². The predicted octanol–water partition coefficient (Wildman–Crippen LogP) is 2.05. The van der Waals surface area contributed by atoms with E-state index in [-0.39, 0.29) is 6.54 Å². The number of benzene rings is 1. The van der Waals surface area contributed by atoms with Crippen LogP contribution in [0.25, 0.3) is 0 Å². The second-order valence-electron chi connectivity index (χ2n) is 3.86. The fraction of sp³-hybridized carbons (Fsp3) is 0.455. The molecule has 0 aliphatic heterocycles. The van der Waals surface area contributed by atoms with E-state index >= 15 is 0 Å². The van der Waals surface area contributed by atoms with E-state index in [0.29, 0.717) is 5.56 Å². The van der Waals surface area contributed by atoms with Crippen molar-refractivity contribution < 1.29 is 18.3 Å². The average molecular weight is 233 g/mol. The van der Waals surface area contributed by atoms with Crippen molar-refractivity contribution in [1.29, 1.82) is 0 Å². The van der Waals surface area contributed by atoms with Crippen LogP contribution in [0.1, 0.15) is 12.5 Å². The lowest BCUT2D eigenvalue weighted by Gasteiger charge is -2.24. The molecule has 1 rings (SSSR count). The molecule has 0 aromatic heterocycles. The highest BCUT2D eigenvalue weighted by Gasteiger charge is 2.29. The molecule has 0 saturated heterocycles. The minimum Gasteiger partial charge on any atom is -0.384 e. The topological polar surface area (TPSA) is 32.3 Å². The number of hydrogen-bond acceptors (Lipinski definition) is 2. The molecule has 1 unspecified atom stereocenters. The summed E-state index contributed by atoms with van der Waals surface area (Å²) in [5.74, 6) is 0. The quantitative estimate of drug-likeness (QED) is 0.834. The number of alkyl halides is 3. The predicted molar refractivity (Wildman–Crippen MR) is 54.9 cm³/mol. The summed E-state index contributed by atoms with van der Waals surface area (Å²) in [6.07, 6.45) is -4.26. The van der Waals surface area contributed by atoms with Crippen LogP contribution < -0.4 is 5.32 Å². The van der Waals surface area contributed by atoms with Gasteiger partial charge in [-0.3, -0.25) is 0 Å². The summed E-state index contributed by atoms with van der Waals surface area (Å²) in [5, 5.41) is 12.1. The molecule has 0 heterocycles. The first-order chi connectivity index (χ1) is 7.31. The van der Waals surface area contributed by atoms with E-state index in [1.807, 2.05) is 0 Å². The third-order valence-electron chi connectivity index (χ3n) is 2.19. The highest BCUT2D eigenvalue weighted by Crippen LogP contribution is 2.19. The number of aliphatic hydroxyl groups is 1. The maximum Gasteiger partial charge on any atom is 0.401 e. The van der Waals surface area contributed by atoms with Crippen LogP contribution in [0.2, 0.25) is 0 Å². The Bertz CT molecular complexity index is 322. The maximum absolute atomic E-state index is 11.9. The Morgan fingerprint density at radius 3 is 2.19 bits per heavy atom. The zero-order valence-electron chi connectivity index (χ0n) is 8.88. The molecule has 0 fully saturated rings. The lowest BCUT2D eigenvalue weighted by molar-refractivity contribution is -0.126. The van der Waals surface area contributed by atoms with Gasteiger partial charge in [-0.05, 0) is 12.5 Å². The van der Waals surface area contributed by atoms with E-state index in [2.05, 4.69) is 5.32 Å². The van der Waals surface area contributed by atoms with Crippen LogP contribution in [-0.2, 0) is 5.60 Å². The minimum absolute atomic E-state index is 0.142. The first-order valence-corrected chi connectivity index (χ1v) is 4.87. The molecule has 2 N–H and O–H groups in total. The molecule has 0 amide bonds. The van der Waals surface area contributed by atoms with Crippen molar-refractivity contribution in [3.63, 3.8) is 0 Å². The summed E-state index contributed by atoms with van der Waals surface area (Å²) in [6, 6.07) is 8.59. The highest BCUT2D eigenvalue weighted by molar-refractivity contribution is 5.21. The zero-order valence-corrected chi connectivity index (χ0v) is 8.88. The molecular weight excluding hydrogens is 219 g/mol. The number of hydrogen-bond donors (Lipinski definition) is 2. The van der Waals surface area contributed by atoms with Gasteiger partial charge in [0.1, 0.15) is 0 Å². The molecule has 0 saturated carbocycles. The van der Waals surface area contributed by atoms with Crippen LogP contribution >= 0.6 is 0 Å². The molecule has 0 aliphatic rings. The first kappa shape index (κ1) is 13.0. The Labute approximate surface area is 92.1 Å². The SMILES string of the molecule is CC(O)(CNCC(F)(F)F)c1ccccc1. The number of rotatable bonds is 4. The van der Waals surface area contributed by atoms with Gasteiger partial charge >= 0.3 is 6.18 Å². The second kappa shape index (κ2) is 4.84. The molecule has 2 nitrogen and oxygen atoms in total. The lowest BCUT2D eigenvalue weighted by atomic mass is 9.96. The standard InChI is InChI=1S/C11H14F3NO/c1-10(16,7-15-8-11(12,13)14)9-5-3-2-4-6-9/h2-6,15-16H,7-8H2,1H3. The molecule has 0 radical (unpaired) electrons. The van der Waals surface area contributed by atoms with Crippen molar-refractivity contribution in [3.05, 3.63) is 35.9 Å². The normalized spacial score (nSPS) is 15.8. The van der Waals surface area contributed by atoms with Crippen molar-refractivity contribution in [2.45, 2.75) is 18.7 Å². The molecule has 5 heteroatoms. The van der Waals surface area contributed by atoms with Gasteiger partial charge in [-0.2, -0.15) is 13.2 Å². The number of nitrogens with one attached hydrogen (secondary N) is 1. The molecule has 0 bridgehead atoms. The fourth-order valence-electron chi connectivity index (χ4n) is 1.35. The van der Waals surface area contributed by atoms with E-state index in [1.54, 1.807) is 30.3 Å². The summed E-state index contributed by atoms with van der Waals surface area (Å²) in [4.78, 5) is 0. The first-order valence-electron chi connectivity index (χ1n) is 4.87. The highest BCUT2D eigenvalue weighted by atomic mass is 19.4. The molecule has 0 aliphatic carbocycles. The van der Waals surface area contributed by atoms with Crippen LogP contribution in [-0.4, -0.2) is 24.4 Å². The van der Waals surface area contributed by atoms with Gasteiger partial charge in [-0.1, -0.05) is 30.3 Å². The second-order valence-corrected chi connectivity index (χ2v) is 3.86. The van der Waals surface area contributed by atoms with Crippen LogP contribution in [0.3, 0.4) is 0 Å². The molecule has 0 spiro atoms. The average Bonchev–Trinajstić information content (AvgIpc) is 2.17. The van der Waals surface area contributed by atoms with Gasteiger partial charge in [0.2, 0.25) is 0 Å². The molecule has 1 aromatic carbocycles. The lowest BCUT2D eigenvalue weighted by Crippen LogP contribution is -2.39. The number of halogens is 3. The van der Waals surface area contributed by atoms with Crippen LogP contribution in [0.5, 0.6) is 0 Å². The Hall–Kier alpha value is -1.07. The minimum atomic E-state index is -4.26. The van der Waals surface area contributed by atoms with Gasteiger partial charge < -0.3 is 10.4 Å². The molecular formula is C11H14F3NO. The molecule has 90 valence electrons. The Morgan fingerprint density at radius 1 is 1.12 bits per heavy atom. The van der Waals surface area contributed by atoms with E-state index < -0.39 is 18.3 Å². The fourth-order valence-corrected chi connectivity index (χ4v) is 1.35.